The van der Waals surface area contributed by atoms with E-state index in [9.17, 15) is 0 Å². The van der Waals surface area contributed by atoms with Crippen molar-refractivity contribution in [3.8, 4) is 65.6 Å². The molecule has 302 valence electrons. The van der Waals surface area contributed by atoms with E-state index in [1.807, 2.05) is 23.7 Å². The highest BCUT2D eigenvalue weighted by Crippen LogP contribution is 2.68. The number of aromatic nitrogens is 2. The minimum absolute atomic E-state index is 0.165. The first-order valence-electron chi connectivity index (χ1n) is 22.1. The van der Waals surface area contributed by atoms with Crippen molar-refractivity contribution in [1.29, 1.82) is 0 Å². The van der Waals surface area contributed by atoms with E-state index in [4.69, 9.17) is 9.97 Å². The van der Waals surface area contributed by atoms with Crippen molar-refractivity contribution >= 4 is 28.4 Å². The summed E-state index contributed by atoms with van der Waals surface area (Å²) in [5, 5.41) is 0. The molecule has 13 rings (SSSR count). The highest BCUT2D eigenvalue weighted by molar-refractivity contribution is 7.19. The Balaban J connectivity index is 1.13. The lowest BCUT2D eigenvalue weighted by molar-refractivity contribution is 0.660. The maximum absolute atomic E-state index is 5.13. The third-order valence-corrected chi connectivity index (χ3v) is 15.3. The van der Waals surface area contributed by atoms with Crippen molar-refractivity contribution in [2.75, 3.05) is 4.90 Å². The molecule has 0 unspecified atom stereocenters. The Labute approximate surface area is 377 Å². The first-order chi connectivity index (χ1) is 31.5. The van der Waals surface area contributed by atoms with Crippen LogP contribution in [0.1, 0.15) is 47.2 Å². The Kier molecular flexibility index (Phi) is 8.04. The molecule has 0 radical (unpaired) electrons. The number of benzene rings is 7. The quantitative estimate of drug-likeness (QED) is 0.167. The summed E-state index contributed by atoms with van der Waals surface area (Å²) >= 11 is 1.90. The largest absolute Gasteiger partial charge is 0.310 e. The number of thiophene rings is 1. The molecule has 3 nitrogen and oxygen atoms in total. The Hall–Kier alpha value is -7.66. The first kappa shape index (κ1) is 36.9. The van der Waals surface area contributed by atoms with Crippen LogP contribution in [0.25, 0.3) is 65.6 Å². The van der Waals surface area contributed by atoms with Crippen molar-refractivity contribution in [3.63, 3.8) is 0 Å². The third kappa shape index (κ3) is 5.09. The lowest BCUT2D eigenvalue weighted by Crippen LogP contribution is -2.26. The van der Waals surface area contributed by atoms with Crippen LogP contribution in [0.3, 0.4) is 0 Å². The fourth-order valence-electron chi connectivity index (χ4n) is 11.3. The number of nitrogens with zero attached hydrogens (tertiary/aromatic N) is 3. The molecule has 0 bridgehead atoms. The van der Waals surface area contributed by atoms with Crippen molar-refractivity contribution in [2.24, 2.45) is 0 Å². The zero-order valence-electron chi connectivity index (χ0n) is 35.5. The molecule has 0 saturated carbocycles. The van der Waals surface area contributed by atoms with Crippen LogP contribution >= 0.6 is 11.3 Å². The van der Waals surface area contributed by atoms with Crippen LogP contribution in [0.4, 0.5) is 17.1 Å². The highest BCUT2D eigenvalue weighted by atomic mass is 32.1. The Morgan fingerprint density at radius 1 is 0.406 bits per heavy atom. The van der Waals surface area contributed by atoms with Gasteiger partial charge in [-0.15, -0.1) is 11.3 Å². The summed E-state index contributed by atoms with van der Waals surface area (Å²) in [6, 6.07) is 73.7. The van der Waals surface area contributed by atoms with Gasteiger partial charge < -0.3 is 4.90 Å². The second-order valence-electron chi connectivity index (χ2n) is 17.6. The van der Waals surface area contributed by atoms with Crippen LogP contribution < -0.4 is 4.90 Å². The van der Waals surface area contributed by atoms with Gasteiger partial charge in [0, 0.05) is 50.1 Å². The summed E-state index contributed by atoms with van der Waals surface area (Å²) < 4.78 is 0. The SMILES string of the molecule is CC1(C)c2ccccc2-c2ccc(N(c3ccc4c(c3)C3(c5cccnc5-c5ncccc53)c3c(-c5ccccc5)sc(-c5ccccc5)c3-4)c3ccccc3-c3ccccc3)cc21. The van der Waals surface area contributed by atoms with Crippen LogP contribution in [-0.2, 0) is 10.8 Å². The van der Waals surface area contributed by atoms with E-state index in [0.717, 1.165) is 28.5 Å². The van der Waals surface area contributed by atoms with Crippen LogP contribution in [-0.4, -0.2) is 9.97 Å². The van der Waals surface area contributed by atoms with Gasteiger partial charge in [-0.25, -0.2) is 0 Å². The smallest absolute Gasteiger partial charge is 0.0937 e. The minimum atomic E-state index is -0.686. The molecule has 0 atom stereocenters. The highest BCUT2D eigenvalue weighted by Gasteiger charge is 2.56. The van der Waals surface area contributed by atoms with Gasteiger partial charge in [-0.2, -0.15) is 0 Å². The first-order valence-corrected chi connectivity index (χ1v) is 22.9. The van der Waals surface area contributed by atoms with Gasteiger partial charge in [-0.1, -0.05) is 172 Å². The van der Waals surface area contributed by atoms with Gasteiger partial charge in [0.2, 0.25) is 0 Å². The summed E-state index contributed by atoms with van der Waals surface area (Å²) in [5.41, 5.74) is 21.9. The van der Waals surface area contributed by atoms with Gasteiger partial charge in [0.25, 0.3) is 0 Å². The zero-order chi connectivity index (χ0) is 42.6. The summed E-state index contributed by atoms with van der Waals surface area (Å²) in [6.07, 6.45) is 3.83. The third-order valence-electron chi connectivity index (χ3n) is 14.0. The van der Waals surface area contributed by atoms with E-state index >= 15 is 0 Å². The molecule has 7 aromatic carbocycles. The molecular formula is C60H41N3S. The number of hydrogen-bond donors (Lipinski definition) is 0. The van der Waals surface area contributed by atoms with Crippen molar-refractivity contribution < 1.29 is 0 Å². The maximum atomic E-state index is 5.13. The molecule has 0 saturated heterocycles. The Bertz CT molecular complexity index is 3430. The minimum Gasteiger partial charge on any atom is -0.310 e. The van der Waals surface area contributed by atoms with E-state index in [2.05, 4.69) is 219 Å². The molecular weight excluding hydrogens is 795 g/mol. The molecule has 64 heavy (non-hydrogen) atoms. The molecule has 1 spiro atoms. The van der Waals surface area contributed by atoms with Crippen LogP contribution in [0.5, 0.6) is 0 Å². The van der Waals surface area contributed by atoms with E-state index in [1.54, 1.807) is 0 Å². The maximum Gasteiger partial charge on any atom is 0.0937 e. The lowest BCUT2D eigenvalue weighted by Gasteiger charge is -2.33. The number of hydrogen-bond acceptors (Lipinski definition) is 4. The van der Waals surface area contributed by atoms with Crippen molar-refractivity contribution in [2.45, 2.75) is 24.7 Å². The predicted octanol–water partition coefficient (Wildman–Crippen LogP) is 15.7. The fourth-order valence-corrected chi connectivity index (χ4v) is 12.6. The molecule has 3 aliphatic rings. The summed E-state index contributed by atoms with van der Waals surface area (Å²) in [4.78, 5) is 15.3. The van der Waals surface area contributed by atoms with Crippen LogP contribution in [0.15, 0.2) is 213 Å². The number of anilines is 3. The number of pyridine rings is 2. The van der Waals surface area contributed by atoms with Crippen molar-refractivity contribution in [3.05, 3.63) is 246 Å². The molecule has 3 aromatic heterocycles. The van der Waals surface area contributed by atoms with E-state index < -0.39 is 5.41 Å². The number of fused-ring (bicyclic) bond motifs is 13. The van der Waals surface area contributed by atoms with Gasteiger partial charge >= 0.3 is 0 Å². The second kappa shape index (κ2) is 13.9. The summed E-state index contributed by atoms with van der Waals surface area (Å²) in [6.45, 7) is 4.74. The molecule has 3 heterocycles. The normalized spacial score (nSPS) is 14.0. The Morgan fingerprint density at radius 2 is 0.906 bits per heavy atom. The predicted molar refractivity (Wildman–Crippen MR) is 265 cm³/mol. The lowest BCUT2D eigenvalue weighted by atomic mass is 9.70. The fraction of sp³-hybridized carbons (Fsp3) is 0.0667. The monoisotopic (exact) mass is 835 g/mol. The Morgan fingerprint density at radius 3 is 1.56 bits per heavy atom. The molecule has 0 fully saturated rings. The molecule has 4 heteroatoms. The second-order valence-corrected chi connectivity index (χ2v) is 18.7. The number of rotatable bonds is 6. The van der Waals surface area contributed by atoms with Crippen LogP contribution in [0.2, 0.25) is 0 Å². The van der Waals surface area contributed by atoms with E-state index in [-0.39, 0.29) is 5.41 Å². The van der Waals surface area contributed by atoms with Gasteiger partial charge in [-0.05, 0) is 109 Å². The van der Waals surface area contributed by atoms with Crippen LogP contribution in [0, 0.1) is 0 Å². The van der Waals surface area contributed by atoms with E-state index in [1.165, 1.54) is 87.6 Å². The zero-order valence-corrected chi connectivity index (χ0v) is 36.3. The standard InChI is InChI=1S/C60H41N3S/c1-59(2)47-26-14-12-25-44(47)45-32-30-41(36-50(45)59)63(52-29-15-13-24-43(52)38-18-6-3-7-19-38)42-31-33-46-51(37-42)60(48-27-16-34-61-55(48)56-49(60)28-17-35-62-56)54-53(46)57(39-20-8-4-9-21-39)64-58(54)40-22-10-5-11-23-40/h3-37H,1-2H3. The summed E-state index contributed by atoms with van der Waals surface area (Å²) in [7, 11) is 0. The van der Waals surface area contributed by atoms with Gasteiger partial charge in [0.1, 0.15) is 0 Å². The molecule has 3 aliphatic carbocycles. The van der Waals surface area contributed by atoms with Gasteiger partial charge in [0.15, 0.2) is 0 Å². The molecule has 10 aromatic rings. The molecule has 0 amide bonds. The topological polar surface area (TPSA) is 29.0 Å². The number of para-hydroxylation sites is 1. The van der Waals surface area contributed by atoms with Gasteiger partial charge in [0.05, 0.1) is 22.5 Å². The average molecular weight is 836 g/mol. The molecule has 0 aliphatic heterocycles. The molecule has 0 N–H and O–H groups in total. The average Bonchev–Trinajstić information content (AvgIpc) is 4.05. The van der Waals surface area contributed by atoms with Crippen molar-refractivity contribution in [1.82, 2.24) is 9.97 Å². The van der Waals surface area contributed by atoms with E-state index in [0.29, 0.717) is 0 Å². The summed E-state index contributed by atoms with van der Waals surface area (Å²) in [5.74, 6) is 0. The van der Waals surface area contributed by atoms with Gasteiger partial charge in [-0.3, -0.25) is 9.97 Å².